The summed E-state index contributed by atoms with van der Waals surface area (Å²) in [6, 6.07) is 2.64. The number of halogens is 2. The molecule has 0 spiro atoms. The van der Waals surface area contributed by atoms with Gasteiger partial charge in [-0.25, -0.2) is 13.8 Å². The van der Waals surface area contributed by atoms with Crippen LogP contribution in [0.25, 0.3) is 11.3 Å². The van der Waals surface area contributed by atoms with Crippen LogP contribution in [-0.4, -0.2) is 11.0 Å². The van der Waals surface area contributed by atoms with Crippen LogP contribution in [0.5, 0.6) is 0 Å². The molecule has 2 aromatic rings. The van der Waals surface area contributed by atoms with Gasteiger partial charge in [-0.1, -0.05) is 0 Å². The van der Waals surface area contributed by atoms with Crippen LogP contribution in [0.1, 0.15) is 19.4 Å². The molecule has 2 nitrogen and oxygen atoms in total. The lowest BCUT2D eigenvalue weighted by molar-refractivity contribution is 0.595. The Balaban J connectivity index is 2.37. The van der Waals surface area contributed by atoms with Gasteiger partial charge in [0, 0.05) is 17.0 Å². The molecule has 96 valence electrons. The van der Waals surface area contributed by atoms with Gasteiger partial charge in [-0.15, -0.1) is 11.3 Å². The first kappa shape index (κ1) is 13.0. The van der Waals surface area contributed by atoms with Gasteiger partial charge in [0.05, 0.1) is 5.69 Å². The van der Waals surface area contributed by atoms with Crippen LogP contribution in [0, 0.1) is 18.6 Å². The molecule has 1 aromatic heterocycles. The number of benzene rings is 1. The van der Waals surface area contributed by atoms with Crippen molar-refractivity contribution < 1.29 is 8.78 Å². The summed E-state index contributed by atoms with van der Waals surface area (Å²) in [6.45, 7) is 5.52. The summed E-state index contributed by atoms with van der Waals surface area (Å²) in [4.78, 5) is 4.25. The Labute approximate surface area is 109 Å². The van der Waals surface area contributed by atoms with Gasteiger partial charge in [0.1, 0.15) is 11.6 Å². The average molecular weight is 268 g/mol. The second kappa shape index (κ2) is 5.02. The molecule has 0 bridgehead atoms. The fourth-order valence-electron chi connectivity index (χ4n) is 1.55. The molecule has 0 fully saturated rings. The van der Waals surface area contributed by atoms with E-state index in [1.807, 2.05) is 13.8 Å². The minimum Gasteiger partial charge on any atom is -0.359 e. The highest BCUT2D eigenvalue weighted by atomic mass is 32.1. The van der Waals surface area contributed by atoms with Crippen molar-refractivity contribution in [2.45, 2.75) is 26.8 Å². The van der Waals surface area contributed by atoms with Gasteiger partial charge in [-0.3, -0.25) is 0 Å². The third kappa shape index (κ3) is 2.67. The van der Waals surface area contributed by atoms with E-state index >= 15 is 0 Å². The molecule has 18 heavy (non-hydrogen) atoms. The van der Waals surface area contributed by atoms with Crippen molar-refractivity contribution in [2.24, 2.45) is 0 Å². The molecule has 0 saturated heterocycles. The van der Waals surface area contributed by atoms with Gasteiger partial charge in [0.15, 0.2) is 5.13 Å². The van der Waals surface area contributed by atoms with E-state index in [1.165, 1.54) is 30.4 Å². The fourth-order valence-corrected chi connectivity index (χ4v) is 2.41. The lowest BCUT2D eigenvalue weighted by Crippen LogP contribution is -2.09. The normalized spacial score (nSPS) is 11.0. The summed E-state index contributed by atoms with van der Waals surface area (Å²) >= 11 is 1.38. The van der Waals surface area contributed by atoms with Gasteiger partial charge in [0.2, 0.25) is 0 Å². The van der Waals surface area contributed by atoms with Crippen LogP contribution < -0.4 is 5.32 Å². The van der Waals surface area contributed by atoms with E-state index in [1.54, 1.807) is 5.38 Å². The average Bonchev–Trinajstić information content (AvgIpc) is 2.70. The summed E-state index contributed by atoms with van der Waals surface area (Å²) in [7, 11) is 0. The monoisotopic (exact) mass is 268 g/mol. The molecule has 0 atom stereocenters. The number of rotatable bonds is 3. The highest BCUT2D eigenvalue weighted by Gasteiger charge is 2.12. The minimum atomic E-state index is -0.449. The molecule has 2 rings (SSSR count). The molecule has 0 saturated carbocycles. The first-order valence-corrected chi connectivity index (χ1v) is 6.53. The van der Waals surface area contributed by atoms with E-state index in [2.05, 4.69) is 10.3 Å². The zero-order valence-electron chi connectivity index (χ0n) is 10.4. The Kier molecular flexibility index (Phi) is 3.61. The van der Waals surface area contributed by atoms with Crippen molar-refractivity contribution in [2.75, 3.05) is 5.32 Å². The van der Waals surface area contributed by atoms with E-state index in [0.717, 1.165) is 0 Å². The van der Waals surface area contributed by atoms with Gasteiger partial charge >= 0.3 is 0 Å². The van der Waals surface area contributed by atoms with E-state index in [9.17, 15) is 8.78 Å². The maximum atomic E-state index is 13.8. The number of hydrogen-bond acceptors (Lipinski definition) is 3. The van der Waals surface area contributed by atoms with Crippen LogP contribution >= 0.6 is 11.3 Å². The standard InChI is InChI=1S/C13H14F2N2S/c1-7(2)16-13-17-12(6-18-13)9-5-10(14)8(3)4-11(9)15/h4-7H,1-3H3,(H,16,17). The lowest BCUT2D eigenvalue weighted by atomic mass is 10.1. The molecule has 0 aliphatic rings. The van der Waals surface area contributed by atoms with Crippen molar-refractivity contribution >= 4 is 16.5 Å². The molecule has 5 heteroatoms. The zero-order valence-corrected chi connectivity index (χ0v) is 11.2. The van der Waals surface area contributed by atoms with Crippen LogP contribution in [-0.2, 0) is 0 Å². The van der Waals surface area contributed by atoms with E-state index < -0.39 is 11.6 Å². The quantitative estimate of drug-likeness (QED) is 0.901. The van der Waals surface area contributed by atoms with E-state index in [4.69, 9.17) is 0 Å². The highest BCUT2D eigenvalue weighted by Crippen LogP contribution is 2.28. The number of aromatic nitrogens is 1. The topological polar surface area (TPSA) is 24.9 Å². The first-order chi connectivity index (χ1) is 8.47. The Hall–Kier alpha value is -1.49. The molecule has 1 heterocycles. The summed E-state index contributed by atoms with van der Waals surface area (Å²) in [5, 5.41) is 5.56. The van der Waals surface area contributed by atoms with Gasteiger partial charge in [-0.05, 0) is 38.5 Å². The molecule has 0 amide bonds. The number of thiazole rings is 1. The predicted octanol–water partition coefficient (Wildman–Crippen LogP) is 4.22. The zero-order chi connectivity index (χ0) is 13.3. The molecule has 0 unspecified atom stereocenters. The third-order valence-electron chi connectivity index (χ3n) is 2.44. The minimum absolute atomic E-state index is 0.200. The molecular weight excluding hydrogens is 254 g/mol. The molecule has 0 aliphatic carbocycles. The SMILES string of the molecule is Cc1cc(F)c(-c2csc(NC(C)C)n2)cc1F. The highest BCUT2D eigenvalue weighted by molar-refractivity contribution is 7.14. The Morgan fingerprint density at radius 3 is 2.61 bits per heavy atom. The van der Waals surface area contributed by atoms with Gasteiger partial charge in [-0.2, -0.15) is 0 Å². The Bertz CT molecular complexity index is 564. The number of aryl methyl sites for hydroxylation is 1. The van der Waals surface area contributed by atoms with Crippen molar-refractivity contribution in [1.29, 1.82) is 0 Å². The molecule has 0 aliphatic heterocycles. The first-order valence-electron chi connectivity index (χ1n) is 5.65. The van der Waals surface area contributed by atoms with Crippen LogP contribution in [0.15, 0.2) is 17.5 Å². The summed E-state index contributed by atoms with van der Waals surface area (Å²) in [5.41, 5.74) is 0.956. The second-order valence-corrected chi connectivity index (χ2v) is 5.28. The summed E-state index contributed by atoms with van der Waals surface area (Å²) in [5.74, 6) is -0.868. The largest absolute Gasteiger partial charge is 0.359 e. The van der Waals surface area contributed by atoms with Gasteiger partial charge < -0.3 is 5.32 Å². The van der Waals surface area contributed by atoms with Crippen molar-refractivity contribution in [3.63, 3.8) is 0 Å². The maximum absolute atomic E-state index is 13.8. The van der Waals surface area contributed by atoms with Crippen molar-refractivity contribution in [3.8, 4) is 11.3 Å². The molecule has 1 aromatic carbocycles. The van der Waals surface area contributed by atoms with E-state index in [-0.39, 0.29) is 11.6 Å². The summed E-state index contributed by atoms with van der Waals surface area (Å²) < 4.78 is 27.2. The predicted molar refractivity (Wildman–Crippen MR) is 71.0 cm³/mol. The number of nitrogens with one attached hydrogen (secondary N) is 1. The maximum Gasteiger partial charge on any atom is 0.183 e. The smallest absolute Gasteiger partial charge is 0.183 e. The molecular formula is C13H14F2N2S. The van der Waals surface area contributed by atoms with Crippen LogP contribution in [0.2, 0.25) is 0 Å². The van der Waals surface area contributed by atoms with Crippen LogP contribution in [0.4, 0.5) is 13.9 Å². The Morgan fingerprint density at radius 2 is 1.94 bits per heavy atom. The van der Waals surface area contributed by atoms with Crippen molar-refractivity contribution in [1.82, 2.24) is 4.98 Å². The molecule has 1 N–H and O–H groups in total. The third-order valence-corrected chi connectivity index (χ3v) is 3.21. The summed E-state index contributed by atoms with van der Waals surface area (Å²) in [6.07, 6.45) is 0. The lowest BCUT2D eigenvalue weighted by Gasteiger charge is -2.05. The van der Waals surface area contributed by atoms with Crippen molar-refractivity contribution in [3.05, 3.63) is 34.7 Å². The number of hydrogen-bond donors (Lipinski definition) is 1. The second-order valence-electron chi connectivity index (χ2n) is 4.42. The van der Waals surface area contributed by atoms with E-state index in [0.29, 0.717) is 16.4 Å². The number of nitrogens with zero attached hydrogens (tertiary/aromatic N) is 1. The Morgan fingerprint density at radius 1 is 1.22 bits per heavy atom. The van der Waals surface area contributed by atoms with Gasteiger partial charge in [0.25, 0.3) is 0 Å². The fraction of sp³-hybridized carbons (Fsp3) is 0.308. The number of anilines is 1. The van der Waals surface area contributed by atoms with Crippen LogP contribution in [0.3, 0.4) is 0 Å². The molecule has 0 radical (unpaired) electrons.